The van der Waals surface area contributed by atoms with E-state index in [2.05, 4.69) is 0 Å². The predicted octanol–water partition coefficient (Wildman–Crippen LogP) is 2.82. The monoisotopic (exact) mass is 294 g/mol. The molecule has 0 spiro atoms. The van der Waals surface area contributed by atoms with E-state index in [0.29, 0.717) is 6.42 Å². The molecule has 1 rings (SSSR count). The molecule has 1 atom stereocenters. The number of hydrogen-bond donors (Lipinski definition) is 2. The maximum Gasteiger partial charge on any atom is 0.339 e. The van der Waals surface area contributed by atoms with Gasteiger partial charge in [-0.3, -0.25) is 0 Å². The molecule has 114 valence electrons. The number of carboxylic acids is 2. The molecule has 0 radical (unpaired) electrons. The minimum absolute atomic E-state index is 0.143. The van der Waals surface area contributed by atoms with E-state index in [1.165, 1.54) is 12.1 Å². The van der Waals surface area contributed by atoms with Crippen LogP contribution < -0.4 is 0 Å². The number of hydrogen-bond acceptors (Lipinski definition) is 4. The Hall–Kier alpha value is -2.37. The van der Waals surface area contributed by atoms with Crippen LogP contribution in [0.25, 0.3) is 0 Å². The molecule has 0 amide bonds. The third-order valence-corrected chi connectivity index (χ3v) is 2.99. The van der Waals surface area contributed by atoms with Gasteiger partial charge in [0, 0.05) is 0 Å². The van der Waals surface area contributed by atoms with Crippen molar-refractivity contribution in [2.24, 2.45) is 0 Å². The molecule has 6 heteroatoms. The maximum atomic E-state index is 12.0. The third kappa shape index (κ3) is 4.59. The van der Waals surface area contributed by atoms with Gasteiger partial charge in [0.25, 0.3) is 0 Å². The van der Waals surface area contributed by atoms with Crippen molar-refractivity contribution in [1.82, 2.24) is 0 Å². The van der Waals surface area contributed by atoms with Crippen molar-refractivity contribution in [3.05, 3.63) is 34.9 Å². The number of rotatable bonds is 7. The summed E-state index contributed by atoms with van der Waals surface area (Å²) >= 11 is 0. The predicted molar refractivity (Wildman–Crippen MR) is 74.8 cm³/mol. The first-order valence-corrected chi connectivity index (χ1v) is 6.68. The van der Waals surface area contributed by atoms with Gasteiger partial charge < -0.3 is 14.9 Å². The Morgan fingerprint density at radius 1 is 1.14 bits per heavy atom. The van der Waals surface area contributed by atoms with Gasteiger partial charge in [-0.15, -0.1) is 0 Å². The number of aromatic carboxylic acids is 2. The fourth-order valence-electron chi connectivity index (χ4n) is 1.83. The van der Waals surface area contributed by atoms with Crippen molar-refractivity contribution in [1.29, 1.82) is 0 Å². The average Bonchev–Trinajstić information content (AvgIpc) is 2.44. The largest absolute Gasteiger partial charge is 0.478 e. The van der Waals surface area contributed by atoms with Gasteiger partial charge in [-0.05, 0) is 31.5 Å². The lowest BCUT2D eigenvalue weighted by Gasteiger charge is -2.14. The summed E-state index contributed by atoms with van der Waals surface area (Å²) in [7, 11) is 0. The first-order valence-electron chi connectivity index (χ1n) is 6.68. The molecule has 0 saturated carbocycles. The molecule has 1 aromatic carbocycles. The summed E-state index contributed by atoms with van der Waals surface area (Å²) in [5.74, 6) is -3.38. The second-order valence-corrected chi connectivity index (χ2v) is 4.73. The Bertz CT molecular complexity index is 549. The molecule has 1 aromatic rings. The number of unbranched alkanes of at least 4 members (excludes halogenated alkanes) is 1. The molecule has 0 aliphatic heterocycles. The fourth-order valence-corrected chi connectivity index (χ4v) is 1.83. The Labute approximate surface area is 122 Å². The molecule has 1 unspecified atom stereocenters. The summed E-state index contributed by atoms with van der Waals surface area (Å²) in [5.41, 5.74) is -0.707. The fraction of sp³-hybridized carbons (Fsp3) is 0.400. The number of benzene rings is 1. The van der Waals surface area contributed by atoms with Gasteiger partial charge in [0.15, 0.2) is 0 Å². The third-order valence-electron chi connectivity index (χ3n) is 2.99. The maximum absolute atomic E-state index is 12.0. The molecule has 21 heavy (non-hydrogen) atoms. The van der Waals surface area contributed by atoms with Gasteiger partial charge in [0.1, 0.15) is 0 Å². The summed E-state index contributed by atoms with van der Waals surface area (Å²) in [6.07, 6.45) is 2.24. The highest BCUT2D eigenvalue weighted by molar-refractivity contribution is 6.04. The Morgan fingerprint density at radius 3 is 2.33 bits per heavy atom. The van der Waals surface area contributed by atoms with E-state index in [1.54, 1.807) is 6.92 Å². The van der Waals surface area contributed by atoms with E-state index in [9.17, 15) is 14.4 Å². The van der Waals surface area contributed by atoms with Crippen molar-refractivity contribution in [3.8, 4) is 0 Å². The number of ether oxygens (including phenoxy) is 1. The van der Waals surface area contributed by atoms with Gasteiger partial charge in [-0.2, -0.15) is 0 Å². The molecular weight excluding hydrogens is 276 g/mol. The van der Waals surface area contributed by atoms with Crippen molar-refractivity contribution in [3.63, 3.8) is 0 Å². The molecule has 6 nitrogen and oxygen atoms in total. The number of esters is 1. The molecule has 0 aromatic heterocycles. The highest BCUT2D eigenvalue weighted by atomic mass is 16.5. The van der Waals surface area contributed by atoms with Crippen LogP contribution in [-0.2, 0) is 4.74 Å². The molecule has 0 fully saturated rings. The van der Waals surface area contributed by atoms with Gasteiger partial charge in [0.2, 0.25) is 0 Å². The van der Waals surface area contributed by atoms with Crippen LogP contribution in [0, 0.1) is 0 Å². The van der Waals surface area contributed by atoms with Crippen LogP contribution in [0.1, 0.15) is 64.2 Å². The highest BCUT2D eigenvalue weighted by Gasteiger charge is 2.21. The average molecular weight is 294 g/mol. The van der Waals surface area contributed by atoms with Crippen LogP contribution in [0.3, 0.4) is 0 Å². The van der Waals surface area contributed by atoms with Gasteiger partial charge in [-0.1, -0.05) is 19.8 Å². The Balaban J connectivity index is 2.98. The van der Waals surface area contributed by atoms with Gasteiger partial charge >= 0.3 is 17.9 Å². The molecule has 0 bridgehead atoms. The van der Waals surface area contributed by atoms with Crippen LogP contribution in [0.4, 0.5) is 0 Å². The summed E-state index contributed by atoms with van der Waals surface area (Å²) in [6, 6.07) is 3.31. The Morgan fingerprint density at radius 2 is 1.81 bits per heavy atom. The minimum Gasteiger partial charge on any atom is -0.478 e. The summed E-state index contributed by atoms with van der Waals surface area (Å²) < 4.78 is 5.18. The zero-order valence-electron chi connectivity index (χ0n) is 12.0. The minimum atomic E-state index is -1.37. The molecule has 0 aliphatic rings. The quantitative estimate of drug-likeness (QED) is 0.750. The summed E-state index contributed by atoms with van der Waals surface area (Å²) in [4.78, 5) is 34.0. The van der Waals surface area contributed by atoms with Crippen molar-refractivity contribution in [2.45, 2.75) is 39.2 Å². The second-order valence-electron chi connectivity index (χ2n) is 4.73. The lowest BCUT2D eigenvalue weighted by atomic mass is 10.0. The molecule has 2 N–H and O–H groups in total. The summed E-state index contributed by atoms with van der Waals surface area (Å²) in [5, 5.41) is 17.9. The summed E-state index contributed by atoms with van der Waals surface area (Å²) in [6.45, 7) is 3.75. The number of carbonyl (C=O) groups is 3. The normalized spacial score (nSPS) is 11.7. The molecular formula is C15H18O6. The molecule has 0 heterocycles. The topological polar surface area (TPSA) is 101 Å². The second kappa shape index (κ2) is 7.42. The van der Waals surface area contributed by atoms with Crippen LogP contribution >= 0.6 is 0 Å². The molecule has 0 aliphatic carbocycles. The Kier molecular flexibility index (Phi) is 5.90. The van der Waals surface area contributed by atoms with E-state index in [0.717, 1.165) is 18.9 Å². The SMILES string of the molecule is CCCCC(C)OC(=O)c1ccc(C(=O)O)cc1C(=O)O. The lowest BCUT2D eigenvalue weighted by Crippen LogP contribution is -2.18. The van der Waals surface area contributed by atoms with Gasteiger partial charge in [-0.25, -0.2) is 14.4 Å². The van der Waals surface area contributed by atoms with Crippen molar-refractivity contribution in [2.75, 3.05) is 0 Å². The van der Waals surface area contributed by atoms with E-state index < -0.39 is 17.9 Å². The number of carbonyl (C=O) groups excluding carboxylic acids is 1. The van der Waals surface area contributed by atoms with Crippen LogP contribution in [0.2, 0.25) is 0 Å². The smallest absolute Gasteiger partial charge is 0.339 e. The standard InChI is InChI=1S/C15H18O6/c1-3-4-5-9(2)21-15(20)11-7-6-10(13(16)17)8-12(11)14(18)19/h6-9H,3-5H2,1-2H3,(H,16,17)(H,18,19). The van der Waals surface area contributed by atoms with E-state index in [-0.39, 0.29) is 22.8 Å². The van der Waals surface area contributed by atoms with E-state index >= 15 is 0 Å². The highest BCUT2D eigenvalue weighted by Crippen LogP contribution is 2.16. The lowest BCUT2D eigenvalue weighted by molar-refractivity contribution is 0.0314. The zero-order valence-corrected chi connectivity index (χ0v) is 12.0. The number of carboxylic acid groups (broad SMARTS) is 2. The van der Waals surface area contributed by atoms with Crippen molar-refractivity contribution >= 4 is 17.9 Å². The van der Waals surface area contributed by atoms with E-state index in [4.69, 9.17) is 14.9 Å². The zero-order chi connectivity index (χ0) is 16.0. The first kappa shape index (κ1) is 16.7. The van der Waals surface area contributed by atoms with Crippen LogP contribution in [0.5, 0.6) is 0 Å². The molecule has 0 saturated heterocycles. The van der Waals surface area contributed by atoms with E-state index in [1.807, 2.05) is 6.92 Å². The van der Waals surface area contributed by atoms with Gasteiger partial charge in [0.05, 0.1) is 22.8 Å². The van der Waals surface area contributed by atoms with Crippen molar-refractivity contribution < 1.29 is 29.3 Å². The first-order chi connectivity index (χ1) is 9.86. The van der Waals surface area contributed by atoms with Crippen LogP contribution in [-0.4, -0.2) is 34.2 Å². The van der Waals surface area contributed by atoms with Crippen LogP contribution in [0.15, 0.2) is 18.2 Å².